The molecule has 0 spiro atoms. The third kappa shape index (κ3) is 3.36. The van der Waals surface area contributed by atoms with E-state index in [2.05, 4.69) is 15.3 Å². The molecule has 0 radical (unpaired) electrons. The van der Waals surface area contributed by atoms with E-state index in [1.807, 2.05) is 0 Å². The first-order valence-corrected chi connectivity index (χ1v) is 8.34. The molecule has 0 fully saturated rings. The van der Waals surface area contributed by atoms with Crippen LogP contribution < -0.4 is 5.32 Å². The molecule has 0 saturated carbocycles. The van der Waals surface area contributed by atoms with E-state index < -0.39 is 4.92 Å². The number of fused-ring (bicyclic) bond motifs is 1. The third-order valence-corrected chi connectivity index (χ3v) is 4.98. The fourth-order valence-electron chi connectivity index (χ4n) is 2.50. The second kappa shape index (κ2) is 6.58. The maximum atomic E-state index is 11.0. The smallest absolute Gasteiger partial charge is 0.312 e. The van der Waals surface area contributed by atoms with Crippen molar-refractivity contribution in [2.24, 2.45) is 0 Å². The average molecular weight is 339 g/mol. The minimum absolute atomic E-state index is 0.106. The van der Waals surface area contributed by atoms with Crippen LogP contribution in [-0.4, -0.2) is 21.4 Å². The number of hydrogen-bond donors (Lipinski definition) is 1. The van der Waals surface area contributed by atoms with E-state index in [0.29, 0.717) is 6.54 Å². The Bertz CT molecular complexity index is 681. The average Bonchev–Trinajstić information content (AvgIpc) is 2.91. The lowest BCUT2D eigenvalue weighted by molar-refractivity contribution is -0.384. The van der Waals surface area contributed by atoms with Gasteiger partial charge in [-0.3, -0.25) is 10.1 Å². The van der Waals surface area contributed by atoms with Gasteiger partial charge in [0.05, 0.1) is 20.6 Å². The van der Waals surface area contributed by atoms with Gasteiger partial charge >= 0.3 is 5.69 Å². The maximum absolute atomic E-state index is 11.0. The molecule has 1 aliphatic rings. The molecule has 0 unspecified atom stereocenters. The summed E-state index contributed by atoms with van der Waals surface area (Å²) in [5.74, 6) is 0.246. The molecule has 2 aromatic heterocycles. The summed E-state index contributed by atoms with van der Waals surface area (Å²) >= 11 is 7.50. The maximum Gasteiger partial charge on any atom is 0.312 e. The van der Waals surface area contributed by atoms with Gasteiger partial charge in [-0.05, 0) is 25.7 Å². The number of halogens is 1. The number of nitrogens with one attached hydrogen (secondary N) is 1. The van der Waals surface area contributed by atoms with Gasteiger partial charge in [0.25, 0.3) is 0 Å². The first-order valence-electron chi connectivity index (χ1n) is 7.15. The quantitative estimate of drug-likeness (QED) is 0.665. The normalized spacial score (nSPS) is 13.7. The van der Waals surface area contributed by atoms with Crippen LogP contribution in [0, 0.1) is 10.1 Å². The SMILES string of the molecule is O=[N+]([O-])c1cc(Cl)cnc1NCCc1nc2c(s1)CCCC2. The van der Waals surface area contributed by atoms with E-state index in [1.54, 1.807) is 11.3 Å². The second-order valence-corrected chi connectivity index (χ2v) is 6.74. The second-order valence-electron chi connectivity index (χ2n) is 5.14. The number of pyridine rings is 1. The molecule has 0 atom stereocenters. The molecule has 0 aliphatic heterocycles. The molecule has 0 amide bonds. The summed E-state index contributed by atoms with van der Waals surface area (Å²) < 4.78 is 0. The number of nitrogens with zero attached hydrogens (tertiary/aromatic N) is 3. The monoisotopic (exact) mass is 338 g/mol. The van der Waals surface area contributed by atoms with Gasteiger partial charge in [-0.25, -0.2) is 9.97 Å². The molecule has 0 bridgehead atoms. The highest BCUT2D eigenvalue weighted by Crippen LogP contribution is 2.28. The fourth-order valence-corrected chi connectivity index (χ4v) is 3.81. The topological polar surface area (TPSA) is 81.0 Å². The Hall–Kier alpha value is -1.73. The van der Waals surface area contributed by atoms with E-state index >= 15 is 0 Å². The van der Waals surface area contributed by atoms with Crippen molar-refractivity contribution >= 4 is 34.4 Å². The number of anilines is 1. The van der Waals surface area contributed by atoms with Gasteiger partial charge in [0, 0.05) is 30.1 Å². The van der Waals surface area contributed by atoms with E-state index in [-0.39, 0.29) is 16.5 Å². The highest BCUT2D eigenvalue weighted by Gasteiger charge is 2.17. The standard InChI is InChI=1S/C14H15ClN4O2S/c15-9-7-11(19(20)21)14(17-8-9)16-6-5-13-18-10-3-1-2-4-12(10)22-13/h7-8H,1-6H2,(H,16,17). The Balaban J connectivity index is 1.63. The van der Waals surface area contributed by atoms with E-state index in [4.69, 9.17) is 11.6 Å². The fraction of sp³-hybridized carbons (Fsp3) is 0.429. The van der Waals surface area contributed by atoms with Crippen LogP contribution in [0.5, 0.6) is 0 Å². The van der Waals surface area contributed by atoms with Gasteiger partial charge in [0.2, 0.25) is 5.82 Å². The lowest BCUT2D eigenvalue weighted by atomic mass is 10.0. The zero-order chi connectivity index (χ0) is 15.5. The minimum Gasteiger partial charge on any atom is -0.364 e. The van der Waals surface area contributed by atoms with Crippen molar-refractivity contribution in [1.82, 2.24) is 9.97 Å². The Morgan fingerprint density at radius 3 is 3.00 bits per heavy atom. The number of aryl methyl sites for hydroxylation is 2. The lowest BCUT2D eigenvalue weighted by Crippen LogP contribution is -2.08. The zero-order valence-corrected chi connectivity index (χ0v) is 13.4. The predicted octanol–water partition coefficient (Wildman–Crippen LogP) is 3.63. The Morgan fingerprint density at radius 1 is 1.41 bits per heavy atom. The van der Waals surface area contributed by atoms with Crippen molar-refractivity contribution in [1.29, 1.82) is 0 Å². The van der Waals surface area contributed by atoms with Gasteiger partial charge in [0.1, 0.15) is 0 Å². The molecule has 6 nitrogen and oxygen atoms in total. The van der Waals surface area contributed by atoms with Gasteiger partial charge < -0.3 is 5.32 Å². The Labute approximate surface area is 136 Å². The highest BCUT2D eigenvalue weighted by molar-refractivity contribution is 7.11. The number of nitro groups is 1. The Morgan fingerprint density at radius 2 is 2.23 bits per heavy atom. The first kappa shape index (κ1) is 15.2. The summed E-state index contributed by atoms with van der Waals surface area (Å²) in [6, 6.07) is 1.30. The van der Waals surface area contributed by atoms with Crippen LogP contribution in [-0.2, 0) is 19.3 Å². The predicted molar refractivity (Wildman–Crippen MR) is 86.9 cm³/mol. The van der Waals surface area contributed by atoms with E-state index in [1.165, 1.54) is 35.7 Å². The summed E-state index contributed by atoms with van der Waals surface area (Å²) in [5.41, 5.74) is 1.13. The van der Waals surface area contributed by atoms with Crippen molar-refractivity contribution < 1.29 is 4.92 Å². The largest absolute Gasteiger partial charge is 0.364 e. The van der Waals surface area contributed by atoms with Crippen LogP contribution in [0.1, 0.15) is 28.4 Å². The van der Waals surface area contributed by atoms with Crippen LogP contribution >= 0.6 is 22.9 Å². The molecule has 1 N–H and O–H groups in total. The summed E-state index contributed by atoms with van der Waals surface area (Å²) in [7, 11) is 0. The minimum atomic E-state index is -0.483. The summed E-state index contributed by atoms with van der Waals surface area (Å²) in [6.45, 7) is 0.557. The van der Waals surface area contributed by atoms with Gasteiger partial charge in [0.15, 0.2) is 0 Å². The Kier molecular flexibility index (Phi) is 4.54. The molecule has 2 heterocycles. The van der Waals surface area contributed by atoms with Gasteiger partial charge in [-0.15, -0.1) is 11.3 Å². The lowest BCUT2D eigenvalue weighted by Gasteiger charge is -2.06. The number of thiazole rings is 1. The van der Waals surface area contributed by atoms with Crippen molar-refractivity contribution in [3.05, 3.63) is 43.0 Å². The summed E-state index contributed by atoms with van der Waals surface area (Å²) in [6.07, 6.45) is 6.80. The summed E-state index contributed by atoms with van der Waals surface area (Å²) in [5, 5.41) is 15.3. The van der Waals surface area contributed by atoms with Crippen LogP contribution in [0.3, 0.4) is 0 Å². The summed E-state index contributed by atoms with van der Waals surface area (Å²) in [4.78, 5) is 20.6. The molecule has 3 rings (SSSR count). The zero-order valence-electron chi connectivity index (χ0n) is 11.8. The van der Waals surface area contributed by atoms with Crippen molar-refractivity contribution in [3.8, 4) is 0 Å². The number of aromatic nitrogens is 2. The van der Waals surface area contributed by atoms with Gasteiger partial charge in [-0.1, -0.05) is 11.6 Å². The van der Waals surface area contributed by atoms with Gasteiger partial charge in [-0.2, -0.15) is 0 Å². The van der Waals surface area contributed by atoms with Crippen LogP contribution in [0.15, 0.2) is 12.3 Å². The van der Waals surface area contributed by atoms with Crippen LogP contribution in [0.4, 0.5) is 11.5 Å². The van der Waals surface area contributed by atoms with E-state index in [0.717, 1.165) is 24.3 Å². The molecule has 2 aromatic rings. The molecule has 22 heavy (non-hydrogen) atoms. The molecule has 8 heteroatoms. The number of hydrogen-bond acceptors (Lipinski definition) is 6. The van der Waals surface area contributed by atoms with Crippen molar-refractivity contribution in [3.63, 3.8) is 0 Å². The third-order valence-electron chi connectivity index (χ3n) is 3.55. The first-order chi connectivity index (χ1) is 10.6. The molecule has 0 aromatic carbocycles. The molecule has 116 valence electrons. The molecule has 0 saturated heterocycles. The van der Waals surface area contributed by atoms with Crippen LogP contribution in [0.2, 0.25) is 5.02 Å². The molecular formula is C14H15ClN4O2S. The van der Waals surface area contributed by atoms with Crippen LogP contribution in [0.25, 0.3) is 0 Å². The van der Waals surface area contributed by atoms with E-state index in [9.17, 15) is 10.1 Å². The van der Waals surface area contributed by atoms with Crippen molar-refractivity contribution in [2.45, 2.75) is 32.1 Å². The molecular weight excluding hydrogens is 324 g/mol. The number of rotatable bonds is 5. The molecule has 1 aliphatic carbocycles. The van der Waals surface area contributed by atoms with Crippen molar-refractivity contribution in [2.75, 3.05) is 11.9 Å². The highest BCUT2D eigenvalue weighted by atomic mass is 35.5.